The number of carbonyl (C=O) groups is 2. The van der Waals surface area contributed by atoms with E-state index in [-0.39, 0.29) is 34.1 Å². The number of hydrogen-bond acceptors (Lipinski definition) is 8. The van der Waals surface area contributed by atoms with Crippen molar-refractivity contribution in [2.45, 2.75) is 38.5 Å². The fourth-order valence-corrected chi connectivity index (χ4v) is 3.44. The summed E-state index contributed by atoms with van der Waals surface area (Å²) in [7, 11) is 0. The van der Waals surface area contributed by atoms with Gasteiger partial charge in [-0.3, -0.25) is 9.59 Å². The summed E-state index contributed by atoms with van der Waals surface area (Å²) >= 11 is 0. The van der Waals surface area contributed by atoms with Crippen LogP contribution in [0.4, 0.5) is 0 Å². The normalized spacial score (nSPS) is 11.3. The van der Waals surface area contributed by atoms with Gasteiger partial charge in [0.05, 0.1) is 0 Å². The number of rotatable bonds is 13. The van der Waals surface area contributed by atoms with Crippen LogP contribution in [0.1, 0.15) is 49.7 Å². The van der Waals surface area contributed by atoms with Gasteiger partial charge in [-0.15, -0.1) is 0 Å². The molecule has 0 fully saturated rings. The zero-order valence-corrected chi connectivity index (χ0v) is 20.8. The highest BCUT2D eigenvalue weighted by Crippen LogP contribution is 2.26. The van der Waals surface area contributed by atoms with Gasteiger partial charge in [0.15, 0.2) is 23.0 Å². The molecule has 0 radical (unpaired) electrons. The average Bonchev–Trinajstić information content (AvgIpc) is 2.90. The number of nitriles is 2. The highest BCUT2D eigenvalue weighted by Gasteiger charge is 2.10. The van der Waals surface area contributed by atoms with Crippen molar-refractivity contribution in [2.24, 2.45) is 0 Å². The minimum absolute atomic E-state index is 0.104. The molecule has 10 nitrogen and oxygen atoms in total. The lowest BCUT2D eigenvalue weighted by Crippen LogP contribution is -2.25. The summed E-state index contributed by atoms with van der Waals surface area (Å²) in [4.78, 5) is 24.4. The van der Waals surface area contributed by atoms with E-state index in [0.717, 1.165) is 38.5 Å². The summed E-state index contributed by atoms with van der Waals surface area (Å²) in [6, 6.07) is 11.7. The standard InChI is InChI=1S/C28H30N4O6/c29-17-21(13-19-7-9-23(33)25(35)15-19)27(37)31-11-5-3-1-2-4-6-12-32-28(38)22(18-30)14-20-8-10-24(34)26(36)16-20/h7-10,13-16,33-36H,1-6,11-12H2,(H,31,37)(H,32,38)/b21-13+,22-14+. The highest BCUT2D eigenvalue weighted by atomic mass is 16.3. The number of hydrogen-bond donors (Lipinski definition) is 6. The lowest BCUT2D eigenvalue weighted by atomic mass is 10.1. The number of phenolic OH excluding ortho intramolecular Hbond substituents is 4. The van der Waals surface area contributed by atoms with E-state index < -0.39 is 11.8 Å². The van der Waals surface area contributed by atoms with Crippen molar-refractivity contribution >= 4 is 24.0 Å². The van der Waals surface area contributed by atoms with Crippen molar-refractivity contribution in [3.8, 4) is 35.1 Å². The first-order chi connectivity index (χ1) is 18.2. The summed E-state index contributed by atoms with van der Waals surface area (Å²) in [5.74, 6) is -2.27. The molecule has 2 rings (SSSR count). The minimum Gasteiger partial charge on any atom is -0.504 e. The number of benzene rings is 2. The van der Waals surface area contributed by atoms with Gasteiger partial charge in [0.1, 0.15) is 23.3 Å². The van der Waals surface area contributed by atoms with Crippen molar-refractivity contribution < 1.29 is 30.0 Å². The SMILES string of the molecule is N#C/C(=C\c1ccc(O)c(O)c1)C(=O)NCCCCCCCCNC(=O)/C(C#N)=C/c1ccc(O)c(O)c1. The van der Waals surface area contributed by atoms with Crippen molar-refractivity contribution in [1.82, 2.24) is 10.6 Å². The number of amides is 2. The second kappa shape index (κ2) is 15.2. The number of nitrogens with one attached hydrogen (secondary N) is 2. The molecule has 0 atom stereocenters. The Kier molecular flexibility index (Phi) is 11.7. The first-order valence-electron chi connectivity index (χ1n) is 12.1. The molecule has 0 bridgehead atoms. The molecule has 198 valence electrons. The van der Waals surface area contributed by atoms with E-state index >= 15 is 0 Å². The van der Waals surface area contributed by atoms with E-state index in [1.807, 2.05) is 12.1 Å². The Morgan fingerprint density at radius 1 is 0.632 bits per heavy atom. The molecule has 10 heteroatoms. The number of nitrogens with zero attached hydrogens (tertiary/aromatic N) is 2. The van der Waals surface area contributed by atoms with Gasteiger partial charge in [-0.05, 0) is 60.4 Å². The third-order valence-electron chi connectivity index (χ3n) is 5.53. The van der Waals surface area contributed by atoms with E-state index in [0.29, 0.717) is 24.2 Å². The lowest BCUT2D eigenvalue weighted by Gasteiger charge is -2.06. The van der Waals surface area contributed by atoms with Gasteiger partial charge >= 0.3 is 0 Å². The maximum absolute atomic E-state index is 12.2. The van der Waals surface area contributed by atoms with Gasteiger partial charge in [-0.2, -0.15) is 10.5 Å². The van der Waals surface area contributed by atoms with Crippen molar-refractivity contribution in [2.75, 3.05) is 13.1 Å². The molecule has 38 heavy (non-hydrogen) atoms. The maximum atomic E-state index is 12.2. The largest absolute Gasteiger partial charge is 0.504 e. The molecule has 0 saturated carbocycles. The van der Waals surface area contributed by atoms with Crippen LogP contribution in [0.3, 0.4) is 0 Å². The molecule has 0 heterocycles. The van der Waals surface area contributed by atoms with Crippen LogP contribution in [0.15, 0.2) is 47.5 Å². The van der Waals surface area contributed by atoms with E-state index in [1.165, 1.54) is 48.6 Å². The Morgan fingerprint density at radius 2 is 1.00 bits per heavy atom. The lowest BCUT2D eigenvalue weighted by molar-refractivity contribution is -0.117. The van der Waals surface area contributed by atoms with Gasteiger partial charge in [0, 0.05) is 13.1 Å². The average molecular weight is 519 g/mol. The quantitative estimate of drug-likeness (QED) is 0.100. The number of unbranched alkanes of at least 4 members (excludes halogenated alkanes) is 5. The molecule has 2 aromatic rings. The Morgan fingerprint density at radius 3 is 1.34 bits per heavy atom. The molecule has 0 aliphatic carbocycles. The fourth-order valence-electron chi connectivity index (χ4n) is 3.44. The Balaban J connectivity index is 1.60. The van der Waals surface area contributed by atoms with Crippen LogP contribution in [0.5, 0.6) is 23.0 Å². The molecule has 2 amide bonds. The predicted molar refractivity (Wildman–Crippen MR) is 140 cm³/mol. The highest BCUT2D eigenvalue weighted by molar-refractivity contribution is 6.02. The fraction of sp³-hybridized carbons (Fsp3) is 0.286. The van der Waals surface area contributed by atoms with Gasteiger partial charge in [0.25, 0.3) is 11.8 Å². The molecule has 6 N–H and O–H groups in total. The third kappa shape index (κ3) is 9.59. The molecule has 0 unspecified atom stereocenters. The smallest absolute Gasteiger partial charge is 0.261 e. The van der Waals surface area contributed by atoms with Gasteiger partial charge in [0.2, 0.25) is 0 Å². The second-order valence-corrected chi connectivity index (χ2v) is 8.47. The van der Waals surface area contributed by atoms with Crippen molar-refractivity contribution in [1.29, 1.82) is 10.5 Å². The van der Waals surface area contributed by atoms with E-state index in [4.69, 9.17) is 0 Å². The second-order valence-electron chi connectivity index (χ2n) is 8.47. The minimum atomic E-state index is -0.510. The monoisotopic (exact) mass is 518 g/mol. The molecular weight excluding hydrogens is 488 g/mol. The summed E-state index contributed by atoms with van der Waals surface area (Å²) < 4.78 is 0. The molecule has 0 spiro atoms. The van der Waals surface area contributed by atoms with E-state index in [2.05, 4.69) is 10.6 Å². The summed E-state index contributed by atoms with van der Waals surface area (Å²) in [6.07, 6.45) is 7.78. The number of aromatic hydroxyl groups is 4. The van der Waals surface area contributed by atoms with Crippen LogP contribution < -0.4 is 10.6 Å². The number of carbonyl (C=O) groups excluding carboxylic acids is 2. The molecule has 0 aromatic heterocycles. The first kappa shape index (κ1) is 29.3. The van der Waals surface area contributed by atoms with Crippen LogP contribution in [-0.4, -0.2) is 45.3 Å². The van der Waals surface area contributed by atoms with Crippen molar-refractivity contribution in [3.05, 3.63) is 58.7 Å². The summed E-state index contributed by atoms with van der Waals surface area (Å²) in [5, 5.41) is 61.6. The van der Waals surface area contributed by atoms with Crippen LogP contribution in [0.25, 0.3) is 12.2 Å². The molecule has 2 aromatic carbocycles. The molecule has 0 aliphatic heterocycles. The van der Waals surface area contributed by atoms with Crippen LogP contribution in [-0.2, 0) is 9.59 Å². The zero-order valence-electron chi connectivity index (χ0n) is 20.8. The Labute approximate surface area is 220 Å². The summed E-state index contributed by atoms with van der Waals surface area (Å²) in [6.45, 7) is 0.827. The third-order valence-corrected chi connectivity index (χ3v) is 5.53. The predicted octanol–water partition coefficient (Wildman–Crippen LogP) is 3.60. The molecule has 0 saturated heterocycles. The topological polar surface area (TPSA) is 187 Å². The van der Waals surface area contributed by atoms with Crippen molar-refractivity contribution in [3.63, 3.8) is 0 Å². The molecule has 0 aliphatic rings. The molecular formula is C28H30N4O6. The van der Waals surface area contributed by atoms with Gasteiger partial charge in [-0.1, -0.05) is 37.8 Å². The zero-order chi connectivity index (χ0) is 27.9. The Hall–Kier alpha value is -4.96. The maximum Gasteiger partial charge on any atom is 0.261 e. The van der Waals surface area contributed by atoms with E-state index in [9.17, 15) is 40.5 Å². The number of phenols is 4. The van der Waals surface area contributed by atoms with E-state index in [1.54, 1.807) is 0 Å². The van der Waals surface area contributed by atoms with Crippen LogP contribution in [0.2, 0.25) is 0 Å². The van der Waals surface area contributed by atoms with Gasteiger partial charge in [-0.25, -0.2) is 0 Å². The Bertz CT molecular complexity index is 1190. The van der Waals surface area contributed by atoms with Crippen LogP contribution in [0, 0.1) is 22.7 Å². The summed E-state index contributed by atoms with van der Waals surface area (Å²) in [5.41, 5.74) is 0.627. The first-order valence-corrected chi connectivity index (χ1v) is 12.1. The van der Waals surface area contributed by atoms with Crippen LogP contribution >= 0.6 is 0 Å². The van der Waals surface area contributed by atoms with Gasteiger partial charge < -0.3 is 31.1 Å².